The molecule has 2 heterocycles. The van der Waals surface area contributed by atoms with E-state index >= 15 is 0 Å². The molecule has 0 fully saturated rings. The normalized spacial score (nSPS) is 12.0. The van der Waals surface area contributed by atoms with E-state index in [1.165, 1.54) is 0 Å². The van der Waals surface area contributed by atoms with Crippen LogP contribution in [-0.4, -0.2) is 31.5 Å². The maximum absolute atomic E-state index is 12.1. The molecule has 1 atom stereocenters. The fraction of sp³-hybridized carbons (Fsp3) is 0.312. The van der Waals surface area contributed by atoms with E-state index in [9.17, 15) is 9.59 Å². The third kappa shape index (κ3) is 4.00. The molecule has 3 rings (SSSR count). The minimum atomic E-state index is -0.579. The smallest absolute Gasteiger partial charge is 0.408 e. The Morgan fingerprint density at radius 1 is 1.28 bits per heavy atom. The van der Waals surface area contributed by atoms with E-state index in [-0.39, 0.29) is 17.8 Å². The number of alkyl carbamates (subject to hydrolysis) is 1. The van der Waals surface area contributed by atoms with Crippen LogP contribution in [0.5, 0.6) is 0 Å². The zero-order valence-electron chi connectivity index (χ0n) is 13.7. The first kappa shape index (κ1) is 16.6. The number of carbonyl (C=O) groups is 1. The standard InChI is InChI=1S/C16H18N6O3/c1-2-6-11(13-18-14-12(15(23)19-13)20-22-21-14)17-16(24)25-9-10-7-4-3-5-8-10/h3-5,7-8,11H,2,6,9H2,1H3,(H,17,24)(H2,18,19,20,21,22,23). The van der Waals surface area contributed by atoms with Crippen LogP contribution in [0.25, 0.3) is 11.2 Å². The van der Waals surface area contributed by atoms with Gasteiger partial charge in [-0.15, -0.1) is 10.2 Å². The fourth-order valence-electron chi connectivity index (χ4n) is 2.41. The molecule has 0 aliphatic carbocycles. The van der Waals surface area contributed by atoms with Crippen molar-refractivity contribution >= 4 is 17.3 Å². The summed E-state index contributed by atoms with van der Waals surface area (Å²) in [6.07, 6.45) is 0.793. The van der Waals surface area contributed by atoms with Crippen LogP contribution >= 0.6 is 0 Å². The maximum Gasteiger partial charge on any atom is 0.408 e. The lowest BCUT2D eigenvalue weighted by molar-refractivity contribution is 0.134. The molecule has 0 bridgehead atoms. The topological polar surface area (TPSA) is 126 Å². The van der Waals surface area contributed by atoms with Crippen LogP contribution < -0.4 is 10.9 Å². The highest BCUT2D eigenvalue weighted by Crippen LogP contribution is 2.15. The van der Waals surface area contributed by atoms with Gasteiger partial charge in [0.1, 0.15) is 12.4 Å². The number of amides is 1. The number of carbonyl (C=O) groups excluding carboxylic acids is 1. The highest BCUT2D eigenvalue weighted by molar-refractivity contribution is 5.69. The lowest BCUT2D eigenvalue weighted by atomic mass is 10.1. The molecular formula is C16H18N6O3. The summed E-state index contributed by atoms with van der Waals surface area (Å²) in [5.74, 6) is 0.324. The van der Waals surface area contributed by atoms with Gasteiger partial charge >= 0.3 is 6.09 Å². The number of H-pyrrole nitrogens is 2. The third-order valence-electron chi connectivity index (χ3n) is 3.62. The second-order valence-electron chi connectivity index (χ2n) is 5.49. The minimum absolute atomic E-state index is 0.130. The molecule has 9 heteroatoms. The molecule has 2 aromatic heterocycles. The fourth-order valence-corrected chi connectivity index (χ4v) is 2.41. The van der Waals surface area contributed by atoms with Crippen molar-refractivity contribution in [2.45, 2.75) is 32.4 Å². The first-order valence-electron chi connectivity index (χ1n) is 7.95. The van der Waals surface area contributed by atoms with Crippen LogP contribution in [0.2, 0.25) is 0 Å². The number of rotatable bonds is 6. The van der Waals surface area contributed by atoms with Gasteiger partial charge in [-0.05, 0) is 12.0 Å². The van der Waals surface area contributed by atoms with E-state index in [1.807, 2.05) is 37.3 Å². The number of hydrogen-bond acceptors (Lipinski definition) is 6. The number of nitrogens with zero attached hydrogens (tertiary/aromatic N) is 3. The molecule has 25 heavy (non-hydrogen) atoms. The molecule has 130 valence electrons. The number of ether oxygens (including phenoxy) is 1. The Hall–Kier alpha value is -3.23. The lowest BCUT2D eigenvalue weighted by Crippen LogP contribution is -2.31. The Balaban J connectivity index is 1.71. The maximum atomic E-state index is 12.1. The molecule has 1 amide bonds. The van der Waals surface area contributed by atoms with Crippen molar-refractivity contribution in [3.8, 4) is 0 Å². The molecule has 9 nitrogen and oxygen atoms in total. The summed E-state index contributed by atoms with van der Waals surface area (Å²) >= 11 is 0. The van der Waals surface area contributed by atoms with Crippen molar-refractivity contribution in [1.82, 2.24) is 30.7 Å². The first-order valence-corrected chi connectivity index (χ1v) is 7.95. The summed E-state index contributed by atoms with van der Waals surface area (Å²) in [6, 6.07) is 8.89. The van der Waals surface area contributed by atoms with Crippen LogP contribution in [0, 0.1) is 0 Å². The summed E-state index contributed by atoms with van der Waals surface area (Å²) in [6.45, 7) is 2.13. The molecule has 1 unspecified atom stereocenters. The molecule has 3 aromatic rings. The number of aromatic nitrogens is 5. The minimum Gasteiger partial charge on any atom is -0.445 e. The SMILES string of the molecule is CCCC(NC(=O)OCc1ccccc1)c1nc2n[nH]nc2c(=O)[nH]1. The summed E-state index contributed by atoms with van der Waals surface area (Å²) in [5.41, 5.74) is 0.819. The predicted molar refractivity (Wildman–Crippen MR) is 89.7 cm³/mol. The summed E-state index contributed by atoms with van der Waals surface area (Å²) in [4.78, 5) is 31.0. The largest absolute Gasteiger partial charge is 0.445 e. The summed E-state index contributed by atoms with van der Waals surface area (Å²) < 4.78 is 5.23. The molecule has 0 spiro atoms. The van der Waals surface area contributed by atoms with E-state index in [0.29, 0.717) is 12.2 Å². The zero-order valence-corrected chi connectivity index (χ0v) is 13.7. The van der Waals surface area contributed by atoms with Gasteiger partial charge in [0.25, 0.3) is 5.56 Å². The van der Waals surface area contributed by atoms with Crippen LogP contribution in [-0.2, 0) is 11.3 Å². The molecule has 0 radical (unpaired) electrons. The Morgan fingerprint density at radius 3 is 2.84 bits per heavy atom. The average Bonchev–Trinajstić information content (AvgIpc) is 3.10. The first-order chi connectivity index (χ1) is 12.2. The van der Waals surface area contributed by atoms with Gasteiger partial charge in [0.2, 0.25) is 5.65 Å². The van der Waals surface area contributed by atoms with Crippen molar-refractivity contribution in [2.75, 3.05) is 0 Å². The van der Waals surface area contributed by atoms with Gasteiger partial charge in [-0.1, -0.05) is 43.7 Å². The Kier molecular flexibility index (Phi) is 5.03. The van der Waals surface area contributed by atoms with Gasteiger partial charge in [-0.3, -0.25) is 4.79 Å². The Bertz CT molecular complexity index is 905. The van der Waals surface area contributed by atoms with E-state index in [0.717, 1.165) is 12.0 Å². The van der Waals surface area contributed by atoms with Gasteiger partial charge in [-0.25, -0.2) is 9.78 Å². The number of nitrogens with one attached hydrogen (secondary N) is 3. The molecule has 3 N–H and O–H groups in total. The quantitative estimate of drug-likeness (QED) is 0.627. The van der Waals surface area contributed by atoms with Crippen molar-refractivity contribution < 1.29 is 9.53 Å². The molecule has 0 aliphatic rings. The number of hydrogen-bond donors (Lipinski definition) is 3. The average molecular weight is 342 g/mol. The van der Waals surface area contributed by atoms with Gasteiger partial charge in [0.15, 0.2) is 5.52 Å². The number of fused-ring (bicyclic) bond motifs is 1. The molecule has 0 saturated heterocycles. The van der Waals surface area contributed by atoms with E-state index in [1.54, 1.807) is 0 Å². The van der Waals surface area contributed by atoms with E-state index in [4.69, 9.17) is 4.74 Å². The summed E-state index contributed by atoms with van der Waals surface area (Å²) in [7, 11) is 0. The van der Waals surface area contributed by atoms with E-state index in [2.05, 4.69) is 30.7 Å². The second-order valence-corrected chi connectivity index (χ2v) is 5.49. The van der Waals surface area contributed by atoms with Crippen molar-refractivity contribution in [3.05, 3.63) is 52.1 Å². The zero-order chi connectivity index (χ0) is 17.6. The molecule has 0 saturated carbocycles. The van der Waals surface area contributed by atoms with Crippen molar-refractivity contribution in [3.63, 3.8) is 0 Å². The van der Waals surface area contributed by atoms with Crippen molar-refractivity contribution in [1.29, 1.82) is 0 Å². The van der Waals surface area contributed by atoms with Crippen LogP contribution in [0.1, 0.15) is 37.2 Å². The lowest BCUT2D eigenvalue weighted by Gasteiger charge is -2.17. The highest BCUT2D eigenvalue weighted by Gasteiger charge is 2.19. The highest BCUT2D eigenvalue weighted by atomic mass is 16.5. The van der Waals surface area contributed by atoms with Gasteiger partial charge in [0, 0.05) is 0 Å². The third-order valence-corrected chi connectivity index (χ3v) is 3.62. The van der Waals surface area contributed by atoms with Crippen molar-refractivity contribution in [2.24, 2.45) is 0 Å². The van der Waals surface area contributed by atoms with Gasteiger partial charge in [-0.2, -0.15) is 5.21 Å². The Labute approximate surface area is 142 Å². The monoisotopic (exact) mass is 342 g/mol. The Morgan fingerprint density at radius 2 is 2.08 bits per heavy atom. The molecular weight excluding hydrogens is 324 g/mol. The second kappa shape index (κ2) is 7.56. The van der Waals surface area contributed by atoms with Gasteiger partial charge in [0.05, 0.1) is 6.04 Å². The van der Waals surface area contributed by atoms with Gasteiger partial charge < -0.3 is 15.0 Å². The van der Waals surface area contributed by atoms with Crippen LogP contribution in [0.4, 0.5) is 4.79 Å². The molecule has 0 aliphatic heterocycles. The molecule has 1 aromatic carbocycles. The predicted octanol–water partition coefficient (Wildman–Crippen LogP) is 1.81. The van der Waals surface area contributed by atoms with Crippen LogP contribution in [0.15, 0.2) is 35.1 Å². The summed E-state index contributed by atoms with van der Waals surface area (Å²) in [5, 5.41) is 12.7. The van der Waals surface area contributed by atoms with E-state index < -0.39 is 17.7 Å². The van der Waals surface area contributed by atoms with Crippen LogP contribution in [0.3, 0.4) is 0 Å². The number of benzene rings is 1. The number of aromatic amines is 2.